The maximum Gasteiger partial charge on any atom is 0.151 e. The summed E-state index contributed by atoms with van der Waals surface area (Å²) in [4.78, 5) is 0. The maximum absolute atomic E-state index is 13.7. The summed E-state index contributed by atoms with van der Waals surface area (Å²) in [5.74, 6) is -1.22. The van der Waals surface area contributed by atoms with Crippen molar-refractivity contribution in [3.05, 3.63) is 47.3 Å². The minimum Gasteiger partial charge on any atom is -0.326 e. The number of rotatable bonds is 4. The summed E-state index contributed by atoms with van der Waals surface area (Å²) < 4.78 is 28.1. The fourth-order valence-corrected chi connectivity index (χ4v) is 1.94. The van der Waals surface area contributed by atoms with E-state index in [0.29, 0.717) is 6.54 Å². The zero-order chi connectivity index (χ0) is 13.1. The van der Waals surface area contributed by atoms with E-state index in [1.807, 2.05) is 6.92 Å². The quantitative estimate of drug-likeness (QED) is 0.907. The summed E-state index contributed by atoms with van der Waals surface area (Å²) in [5.41, 5.74) is 7.65. The standard InChI is InChI=1S/C13H15F2N3/c1-2-3-12-9(7-16)8-17-18(12)13-5-4-10(14)6-11(13)15/h4-6,8H,2-3,7,16H2,1H3. The zero-order valence-corrected chi connectivity index (χ0v) is 10.2. The van der Waals surface area contributed by atoms with Crippen LogP contribution in [0.25, 0.3) is 5.69 Å². The third-order valence-corrected chi connectivity index (χ3v) is 2.80. The Morgan fingerprint density at radius 3 is 2.72 bits per heavy atom. The van der Waals surface area contributed by atoms with Crippen molar-refractivity contribution in [2.24, 2.45) is 5.73 Å². The lowest BCUT2D eigenvalue weighted by Gasteiger charge is -2.09. The molecule has 0 atom stereocenters. The summed E-state index contributed by atoms with van der Waals surface area (Å²) in [7, 11) is 0. The van der Waals surface area contributed by atoms with Crippen LogP contribution < -0.4 is 5.73 Å². The molecule has 0 aliphatic carbocycles. The van der Waals surface area contributed by atoms with Gasteiger partial charge in [0.2, 0.25) is 0 Å². The van der Waals surface area contributed by atoms with Crippen LogP contribution in [0.2, 0.25) is 0 Å². The van der Waals surface area contributed by atoms with Crippen molar-refractivity contribution >= 4 is 0 Å². The maximum atomic E-state index is 13.7. The van der Waals surface area contributed by atoms with Gasteiger partial charge in [-0.1, -0.05) is 13.3 Å². The second-order valence-electron chi connectivity index (χ2n) is 4.08. The van der Waals surface area contributed by atoms with E-state index in [4.69, 9.17) is 5.73 Å². The highest BCUT2D eigenvalue weighted by molar-refractivity contribution is 5.37. The van der Waals surface area contributed by atoms with E-state index in [-0.39, 0.29) is 5.69 Å². The molecule has 1 aromatic heterocycles. The molecule has 3 nitrogen and oxygen atoms in total. The first-order valence-corrected chi connectivity index (χ1v) is 5.88. The van der Waals surface area contributed by atoms with Crippen LogP contribution in [-0.4, -0.2) is 9.78 Å². The van der Waals surface area contributed by atoms with E-state index < -0.39 is 11.6 Å². The van der Waals surface area contributed by atoms with E-state index >= 15 is 0 Å². The average Bonchev–Trinajstić information content (AvgIpc) is 2.73. The Kier molecular flexibility index (Phi) is 3.72. The Morgan fingerprint density at radius 1 is 1.33 bits per heavy atom. The average molecular weight is 251 g/mol. The van der Waals surface area contributed by atoms with E-state index in [1.165, 1.54) is 16.8 Å². The van der Waals surface area contributed by atoms with Gasteiger partial charge in [0.1, 0.15) is 11.5 Å². The molecular weight excluding hydrogens is 236 g/mol. The molecule has 2 N–H and O–H groups in total. The van der Waals surface area contributed by atoms with Gasteiger partial charge >= 0.3 is 0 Å². The molecule has 0 bridgehead atoms. The van der Waals surface area contributed by atoms with Gasteiger partial charge in [0, 0.05) is 23.9 Å². The van der Waals surface area contributed by atoms with Crippen molar-refractivity contribution < 1.29 is 8.78 Å². The van der Waals surface area contributed by atoms with Gasteiger partial charge in [0.05, 0.1) is 6.20 Å². The van der Waals surface area contributed by atoms with Crippen molar-refractivity contribution in [2.75, 3.05) is 0 Å². The van der Waals surface area contributed by atoms with Crippen LogP contribution in [0.5, 0.6) is 0 Å². The minimum absolute atomic E-state index is 0.250. The molecule has 0 radical (unpaired) electrons. The lowest BCUT2D eigenvalue weighted by molar-refractivity contribution is 0.570. The number of nitrogens with two attached hydrogens (primary N) is 1. The van der Waals surface area contributed by atoms with Crippen molar-refractivity contribution in [1.29, 1.82) is 0 Å². The second-order valence-corrected chi connectivity index (χ2v) is 4.08. The van der Waals surface area contributed by atoms with E-state index in [9.17, 15) is 8.78 Å². The summed E-state index contributed by atoms with van der Waals surface area (Å²) in [6.45, 7) is 2.39. The topological polar surface area (TPSA) is 43.8 Å². The van der Waals surface area contributed by atoms with Crippen LogP contribution >= 0.6 is 0 Å². The van der Waals surface area contributed by atoms with Crippen LogP contribution in [0.1, 0.15) is 24.6 Å². The fraction of sp³-hybridized carbons (Fsp3) is 0.308. The van der Waals surface area contributed by atoms with Gasteiger partial charge in [-0.2, -0.15) is 5.10 Å². The number of halogens is 2. The highest BCUT2D eigenvalue weighted by atomic mass is 19.1. The van der Waals surface area contributed by atoms with Crippen LogP contribution in [-0.2, 0) is 13.0 Å². The molecule has 0 amide bonds. The van der Waals surface area contributed by atoms with Crippen LogP contribution in [0, 0.1) is 11.6 Å². The van der Waals surface area contributed by atoms with Crippen molar-refractivity contribution in [1.82, 2.24) is 9.78 Å². The second kappa shape index (κ2) is 5.27. The molecule has 0 aliphatic rings. The van der Waals surface area contributed by atoms with Gasteiger partial charge in [-0.15, -0.1) is 0 Å². The molecule has 0 spiro atoms. The van der Waals surface area contributed by atoms with Gasteiger partial charge < -0.3 is 5.73 Å². The van der Waals surface area contributed by atoms with Crippen molar-refractivity contribution in [3.63, 3.8) is 0 Å². The van der Waals surface area contributed by atoms with Crippen molar-refractivity contribution in [3.8, 4) is 5.69 Å². The number of nitrogens with zero attached hydrogens (tertiary/aromatic N) is 2. The summed E-state index contributed by atoms with van der Waals surface area (Å²) in [6, 6.07) is 3.46. The fourth-order valence-electron chi connectivity index (χ4n) is 1.94. The van der Waals surface area contributed by atoms with Gasteiger partial charge in [0.15, 0.2) is 5.82 Å². The first kappa shape index (κ1) is 12.7. The molecule has 0 unspecified atom stereocenters. The molecule has 18 heavy (non-hydrogen) atoms. The molecule has 1 heterocycles. The van der Waals surface area contributed by atoms with Crippen LogP contribution in [0.15, 0.2) is 24.4 Å². The number of hydrogen-bond acceptors (Lipinski definition) is 2. The van der Waals surface area contributed by atoms with E-state index in [0.717, 1.165) is 30.2 Å². The lowest BCUT2D eigenvalue weighted by atomic mass is 10.1. The van der Waals surface area contributed by atoms with Gasteiger partial charge in [0.25, 0.3) is 0 Å². The Balaban J connectivity index is 2.52. The number of aromatic nitrogens is 2. The summed E-state index contributed by atoms with van der Waals surface area (Å²) in [5, 5.41) is 4.14. The molecule has 2 aromatic rings. The molecule has 2 rings (SSSR count). The van der Waals surface area contributed by atoms with Gasteiger partial charge in [-0.3, -0.25) is 0 Å². The molecule has 96 valence electrons. The Bertz CT molecular complexity index is 549. The lowest BCUT2D eigenvalue weighted by Crippen LogP contribution is -2.07. The Labute approximate surface area is 104 Å². The largest absolute Gasteiger partial charge is 0.326 e. The molecule has 0 aliphatic heterocycles. The third-order valence-electron chi connectivity index (χ3n) is 2.80. The Morgan fingerprint density at radius 2 is 2.11 bits per heavy atom. The zero-order valence-electron chi connectivity index (χ0n) is 10.2. The van der Waals surface area contributed by atoms with Gasteiger partial charge in [-0.05, 0) is 18.6 Å². The predicted molar refractivity (Wildman–Crippen MR) is 65.4 cm³/mol. The summed E-state index contributed by atoms with van der Waals surface area (Å²) in [6.07, 6.45) is 3.29. The van der Waals surface area contributed by atoms with Crippen LogP contribution in [0.4, 0.5) is 8.78 Å². The molecule has 0 saturated carbocycles. The molecule has 1 aromatic carbocycles. The molecule has 0 saturated heterocycles. The van der Waals surface area contributed by atoms with Crippen LogP contribution in [0.3, 0.4) is 0 Å². The predicted octanol–water partition coefficient (Wildman–Crippen LogP) is 2.56. The Hall–Kier alpha value is -1.75. The van der Waals surface area contributed by atoms with Crippen molar-refractivity contribution in [2.45, 2.75) is 26.3 Å². The molecular formula is C13H15F2N3. The smallest absolute Gasteiger partial charge is 0.151 e. The SMILES string of the molecule is CCCc1c(CN)cnn1-c1ccc(F)cc1F. The highest BCUT2D eigenvalue weighted by Crippen LogP contribution is 2.19. The van der Waals surface area contributed by atoms with E-state index in [2.05, 4.69) is 5.10 Å². The highest BCUT2D eigenvalue weighted by Gasteiger charge is 2.13. The molecule has 5 heteroatoms. The molecule has 0 fully saturated rings. The first-order valence-electron chi connectivity index (χ1n) is 5.88. The van der Waals surface area contributed by atoms with E-state index in [1.54, 1.807) is 6.20 Å². The first-order chi connectivity index (χ1) is 8.67. The van der Waals surface area contributed by atoms with Gasteiger partial charge in [-0.25, -0.2) is 13.5 Å². The monoisotopic (exact) mass is 251 g/mol. The normalized spacial score (nSPS) is 10.9. The number of hydrogen-bond donors (Lipinski definition) is 1. The summed E-state index contributed by atoms with van der Waals surface area (Å²) >= 11 is 0. The number of benzene rings is 1. The third kappa shape index (κ3) is 2.26. The minimum atomic E-state index is -0.626.